The Kier molecular flexibility index (Phi) is 1.62. The highest BCUT2D eigenvalue weighted by molar-refractivity contribution is 5.93. The number of hydrogen-bond donors (Lipinski definition) is 2. The van der Waals surface area contributed by atoms with Gasteiger partial charge in [0, 0.05) is 5.92 Å². The predicted molar refractivity (Wildman–Crippen MR) is 54.6 cm³/mol. The van der Waals surface area contributed by atoms with Crippen LogP contribution in [0.3, 0.4) is 0 Å². The molecule has 3 N–H and O–H groups in total. The molecule has 0 amide bonds. The van der Waals surface area contributed by atoms with Crippen molar-refractivity contribution in [1.82, 2.24) is 0 Å². The van der Waals surface area contributed by atoms with Gasteiger partial charge in [-0.1, -0.05) is 6.92 Å². The molecule has 6 nitrogen and oxygen atoms in total. The van der Waals surface area contributed by atoms with E-state index in [9.17, 15) is 10.5 Å². The highest BCUT2D eigenvalue weighted by Crippen LogP contribution is 2.74. The van der Waals surface area contributed by atoms with E-state index in [1.165, 1.54) is 0 Å². The molecule has 1 saturated carbocycles. The van der Waals surface area contributed by atoms with Gasteiger partial charge in [-0.25, -0.2) is 4.99 Å². The molecule has 6 heteroatoms. The molecule has 2 heterocycles. The first-order valence-electron chi connectivity index (χ1n) is 5.56. The molecule has 17 heavy (non-hydrogen) atoms. The minimum atomic E-state index is -1.25. The normalized spacial score (nSPS) is 54.9. The average molecular weight is 233 g/mol. The maximum atomic E-state index is 9.49. The smallest absolute Gasteiger partial charge is 0.311 e. The molecule has 0 aromatic heterocycles. The Labute approximate surface area is 98.6 Å². The number of nitrogens with zero attached hydrogens (tertiary/aromatic N) is 2. The minimum Gasteiger partial charge on any atom is -0.311 e. The van der Waals surface area contributed by atoms with Crippen LogP contribution >= 0.6 is 0 Å². The second-order valence-electron chi connectivity index (χ2n) is 4.96. The number of nitriles is 2. The summed E-state index contributed by atoms with van der Waals surface area (Å²) < 4.78 is 11.3. The molecular formula is C11H13N4O2+. The van der Waals surface area contributed by atoms with Crippen molar-refractivity contribution in [3.63, 3.8) is 0 Å². The Morgan fingerprint density at radius 3 is 2.53 bits per heavy atom. The maximum absolute atomic E-state index is 9.49. The molecule has 2 fully saturated rings. The van der Waals surface area contributed by atoms with Gasteiger partial charge in [0.25, 0.3) is 5.84 Å². The summed E-state index contributed by atoms with van der Waals surface area (Å²) in [6.07, 6.45) is -0.122. The first-order valence-corrected chi connectivity index (χ1v) is 5.56. The SMILES string of the molecule is C[C@@H]1CO[C@@]2([NH+]=C(N)[C@@]3(C#N)[C@@H](C)[C@@]23C#N)O1. The molecule has 2 aliphatic heterocycles. The fourth-order valence-electron chi connectivity index (χ4n) is 3.39. The largest absolute Gasteiger partial charge is 0.343 e. The van der Waals surface area contributed by atoms with Crippen molar-refractivity contribution in [3.05, 3.63) is 0 Å². The second-order valence-corrected chi connectivity index (χ2v) is 4.96. The quantitative estimate of drug-likeness (QED) is 0.513. The molecule has 0 unspecified atom stereocenters. The molecule has 1 aliphatic carbocycles. The van der Waals surface area contributed by atoms with Gasteiger partial charge in [-0.2, -0.15) is 10.5 Å². The third-order valence-corrected chi connectivity index (χ3v) is 4.32. The Balaban J connectivity index is 2.18. The molecular weight excluding hydrogens is 220 g/mol. The fourth-order valence-corrected chi connectivity index (χ4v) is 3.39. The monoisotopic (exact) mass is 233 g/mol. The van der Waals surface area contributed by atoms with E-state index in [1.54, 1.807) is 0 Å². The number of hydrogen-bond acceptors (Lipinski definition) is 5. The van der Waals surface area contributed by atoms with Crippen LogP contribution in [0.4, 0.5) is 0 Å². The third-order valence-electron chi connectivity index (χ3n) is 4.32. The number of fused-ring (bicyclic) bond motifs is 2. The van der Waals surface area contributed by atoms with Gasteiger partial charge in [-0.15, -0.1) is 0 Å². The lowest BCUT2D eigenvalue weighted by Gasteiger charge is -2.23. The van der Waals surface area contributed by atoms with Crippen molar-refractivity contribution in [2.24, 2.45) is 22.5 Å². The van der Waals surface area contributed by atoms with Crippen LogP contribution in [-0.2, 0) is 9.47 Å². The first kappa shape index (κ1) is 10.5. The van der Waals surface area contributed by atoms with Gasteiger partial charge in [0.15, 0.2) is 10.8 Å². The summed E-state index contributed by atoms with van der Waals surface area (Å²) in [4.78, 5) is 2.88. The summed E-state index contributed by atoms with van der Waals surface area (Å²) in [5.41, 5.74) is 3.86. The molecule has 1 spiro atoms. The third kappa shape index (κ3) is 0.744. The van der Waals surface area contributed by atoms with Crippen LogP contribution in [0.5, 0.6) is 0 Å². The molecule has 3 aliphatic rings. The summed E-state index contributed by atoms with van der Waals surface area (Å²) >= 11 is 0. The lowest BCUT2D eigenvalue weighted by Crippen LogP contribution is -2.90. The van der Waals surface area contributed by atoms with Crippen molar-refractivity contribution < 1.29 is 14.5 Å². The molecule has 3 rings (SSSR count). The molecule has 0 aromatic carbocycles. The van der Waals surface area contributed by atoms with Gasteiger partial charge in [-0.05, 0) is 6.92 Å². The van der Waals surface area contributed by atoms with Gasteiger partial charge < -0.3 is 9.47 Å². The zero-order valence-corrected chi connectivity index (χ0v) is 9.65. The van der Waals surface area contributed by atoms with Gasteiger partial charge in [0.05, 0.1) is 24.8 Å². The average Bonchev–Trinajstić information content (AvgIpc) is 2.54. The number of ether oxygens (including phenoxy) is 2. The van der Waals surface area contributed by atoms with E-state index in [1.807, 2.05) is 13.8 Å². The lowest BCUT2D eigenvalue weighted by molar-refractivity contribution is -0.678. The van der Waals surface area contributed by atoms with E-state index >= 15 is 0 Å². The topological polar surface area (TPSA) is 106 Å². The van der Waals surface area contributed by atoms with Gasteiger partial charge in [0.1, 0.15) is 0 Å². The summed E-state index contributed by atoms with van der Waals surface area (Å²) in [6.45, 7) is 4.08. The van der Waals surface area contributed by atoms with Crippen molar-refractivity contribution in [2.75, 3.05) is 6.61 Å². The van der Waals surface area contributed by atoms with Crippen LogP contribution in [0.25, 0.3) is 0 Å². The maximum Gasteiger partial charge on any atom is 0.343 e. The zero-order chi connectivity index (χ0) is 12.5. The van der Waals surface area contributed by atoms with Gasteiger partial charge in [-0.3, -0.25) is 5.73 Å². The second kappa shape index (κ2) is 2.61. The molecule has 0 radical (unpaired) electrons. The molecule has 0 aromatic rings. The Bertz CT molecular complexity index is 519. The van der Waals surface area contributed by atoms with Crippen molar-refractivity contribution in [2.45, 2.75) is 25.9 Å². The van der Waals surface area contributed by atoms with E-state index < -0.39 is 16.7 Å². The Morgan fingerprint density at radius 2 is 2.12 bits per heavy atom. The van der Waals surface area contributed by atoms with E-state index in [4.69, 9.17) is 15.2 Å². The molecule has 5 atom stereocenters. The van der Waals surface area contributed by atoms with E-state index in [0.29, 0.717) is 6.61 Å². The van der Waals surface area contributed by atoms with E-state index in [-0.39, 0.29) is 17.9 Å². The van der Waals surface area contributed by atoms with Gasteiger partial charge in [0.2, 0.25) is 0 Å². The van der Waals surface area contributed by atoms with Crippen LogP contribution < -0.4 is 10.7 Å². The van der Waals surface area contributed by atoms with Crippen LogP contribution in [0.1, 0.15) is 13.8 Å². The van der Waals surface area contributed by atoms with Crippen molar-refractivity contribution in [1.29, 1.82) is 10.5 Å². The highest BCUT2D eigenvalue weighted by atomic mass is 16.8. The molecule has 1 saturated heterocycles. The van der Waals surface area contributed by atoms with E-state index in [0.717, 1.165) is 0 Å². The number of nitrogens with one attached hydrogen (secondary N) is 1. The number of rotatable bonds is 0. The van der Waals surface area contributed by atoms with Crippen LogP contribution in [0, 0.1) is 39.4 Å². The Morgan fingerprint density at radius 1 is 1.41 bits per heavy atom. The molecule has 0 bridgehead atoms. The number of nitrogens with two attached hydrogens (primary N) is 1. The number of amidine groups is 1. The van der Waals surface area contributed by atoms with Crippen LogP contribution in [0.2, 0.25) is 0 Å². The molecule has 88 valence electrons. The van der Waals surface area contributed by atoms with Crippen LogP contribution in [-0.4, -0.2) is 24.5 Å². The first-order chi connectivity index (χ1) is 8.00. The zero-order valence-electron chi connectivity index (χ0n) is 9.65. The van der Waals surface area contributed by atoms with Gasteiger partial charge >= 0.3 is 5.91 Å². The predicted octanol–water partition coefficient (Wildman–Crippen LogP) is -1.80. The standard InChI is InChI=1S/C11H12N4O2/c1-6-3-16-11(17-6)10(5-13)7(2)9(10,4-12)8(14)15-11/h6-7H,3H2,1-2H3,(H2,14,15)/p+1/t6-,7-,9-,10-,11-/m1/s1. The minimum absolute atomic E-state index is 0.122. The Hall–Kier alpha value is -1.63. The van der Waals surface area contributed by atoms with Crippen molar-refractivity contribution in [3.8, 4) is 12.1 Å². The van der Waals surface area contributed by atoms with Crippen molar-refractivity contribution >= 4 is 5.84 Å². The summed E-state index contributed by atoms with van der Waals surface area (Å²) in [5, 5.41) is 18.9. The van der Waals surface area contributed by atoms with E-state index in [2.05, 4.69) is 17.1 Å². The lowest BCUT2D eigenvalue weighted by atomic mass is 9.94. The van der Waals surface area contributed by atoms with Crippen LogP contribution in [0.15, 0.2) is 0 Å². The summed E-state index contributed by atoms with van der Waals surface area (Å²) in [7, 11) is 0. The highest BCUT2D eigenvalue weighted by Gasteiger charge is 2.96. The summed E-state index contributed by atoms with van der Waals surface area (Å²) in [5.74, 6) is -1.17. The fraction of sp³-hybridized carbons (Fsp3) is 0.727. The summed E-state index contributed by atoms with van der Waals surface area (Å²) in [6, 6.07) is 4.37.